The summed E-state index contributed by atoms with van der Waals surface area (Å²) in [7, 11) is 1.98. The van der Waals surface area contributed by atoms with Gasteiger partial charge in [-0.1, -0.05) is 12.1 Å². The molecule has 102 valence electrons. The Labute approximate surface area is 125 Å². The Bertz CT molecular complexity index is 566. The van der Waals surface area contributed by atoms with Crippen LogP contribution in [0.25, 0.3) is 10.1 Å². The van der Waals surface area contributed by atoms with Crippen molar-refractivity contribution in [2.24, 2.45) is 0 Å². The third-order valence-corrected chi connectivity index (χ3v) is 5.41. The Hall–Kier alpha value is -0.460. The first-order valence-electron chi connectivity index (χ1n) is 6.33. The lowest BCUT2D eigenvalue weighted by Gasteiger charge is -2.30. The molecule has 1 aromatic carbocycles. The third-order valence-electron chi connectivity index (χ3n) is 3.44. The first kappa shape index (κ1) is 13.5. The van der Waals surface area contributed by atoms with Crippen molar-refractivity contribution in [2.45, 2.75) is 12.1 Å². The smallest absolute Gasteiger partial charge is 0.100 e. The topological polar surface area (TPSA) is 30.5 Å². The van der Waals surface area contributed by atoms with Gasteiger partial charge in [0.2, 0.25) is 0 Å². The number of rotatable bonds is 3. The number of halogens is 1. The third kappa shape index (κ3) is 2.58. The van der Waals surface area contributed by atoms with E-state index in [0.717, 1.165) is 4.47 Å². The van der Waals surface area contributed by atoms with E-state index in [0.29, 0.717) is 19.8 Å². The summed E-state index contributed by atoms with van der Waals surface area (Å²) in [6.07, 6.45) is 0.0792. The van der Waals surface area contributed by atoms with Gasteiger partial charge in [-0.15, -0.1) is 11.3 Å². The number of ether oxygens (including phenoxy) is 2. The van der Waals surface area contributed by atoms with Gasteiger partial charge >= 0.3 is 0 Å². The van der Waals surface area contributed by atoms with Gasteiger partial charge in [-0.05, 0) is 45.4 Å². The van der Waals surface area contributed by atoms with Gasteiger partial charge in [-0.3, -0.25) is 0 Å². The molecular weight excluding hydrogens is 326 g/mol. The molecule has 0 bridgehead atoms. The minimum atomic E-state index is 0.0792. The summed E-state index contributed by atoms with van der Waals surface area (Å²) in [5, 5.41) is 6.87. The number of fused-ring (bicyclic) bond motifs is 1. The van der Waals surface area contributed by atoms with Crippen molar-refractivity contribution in [3.63, 3.8) is 0 Å². The molecule has 19 heavy (non-hydrogen) atoms. The highest BCUT2D eigenvalue weighted by Crippen LogP contribution is 2.36. The molecule has 2 aromatic rings. The highest BCUT2D eigenvalue weighted by Gasteiger charge is 2.27. The molecular formula is C14H16BrNO2S. The molecule has 0 saturated carbocycles. The van der Waals surface area contributed by atoms with Crippen molar-refractivity contribution in [3.05, 3.63) is 33.6 Å². The number of nitrogens with one attached hydrogen (secondary N) is 1. The lowest BCUT2D eigenvalue weighted by atomic mass is 10.0. The van der Waals surface area contributed by atoms with Gasteiger partial charge in [0.25, 0.3) is 0 Å². The molecule has 1 aliphatic rings. The minimum Gasteiger partial charge on any atom is -0.376 e. The van der Waals surface area contributed by atoms with Crippen LogP contribution < -0.4 is 5.32 Å². The maximum atomic E-state index is 5.84. The van der Waals surface area contributed by atoms with Crippen molar-refractivity contribution in [1.82, 2.24) is 5.32 Å². The van der Waals surface area contributed by atoms with Crippen LogP contribution >= 0.6 is 27.3 Å². The Morgan fingerprint density at radius 3 is 3.05 bits per heavy atom. The number of likely N-dealkylation sites (N-methyl/N-ethyl adjacent to an activating group) is 1. The van der Waals surface area contributed by atoms with Crippen molar-refractivity contribution < 1.29 is 9.47 Å². The van der Waals surface area contributed by atoms with Crippen molar-refractivity contribution >= 4 is 37.4 Å². The van der Waals surface area contributed by atoms with Crippen molar-refractivity contribution in [2.75, 3.05) is 26.9 Å². The van der Waals surface area contributed by atoms with Crippen molar-refractivity contribution in [3.8, 4) is 0 Å². The Morgan fingerprint density at radius 1 is 1.42 bits per heavy atom. The number of hydrogen-bond acceptors (Lipinski definition) is 4. The second kappa shape index (κ2) is 5.89. The summed E-state index contributed by atoms with van der Waals surface area (Å²) in [6.45, 7) is 2.02. The highest BCUT2D eigenvalue weighted by atomic mass is 79.9. The zero-order chi connectivity index (χ0) is 13.2. The summed E-state index contributed by atoms with van der Waals surface area (Å²) in [5.41, 5.74) is 1.29. The molecule has 3 nitrogen and oxygen atoms in total. The molecule has 3 rings (SSSR count). The number of thiophene rings is 1. The molecule has 1 N–H and O–H groups in total. The van der Waals surface area contributed by atoms with Crippen LogP contribution in [0.5, 0.6) is 0 Å². The monoisotopic (exact) mass is 341 g/mol. The number of hydrogen-bond donors (Lipinski definition) is 1. The molecule has 1 aliphatic heterocycles. The fourth-order valence-corrected chi connectivity index (χ4v) is 4.18. The molecule has 2 heterocycles. The predicted molar refractivity (Wildman–Crippen MR) is 81.9 cm³/mol. The van der Waals surface area contributed by atoms with Crippen LogP contribution in [0.3, 0.4) is 0 Å². The van der Waals surface area contributed by atoms with Crippen LogP contribution in [0.2, 0.25) is 0 Å². The standard InChI is InChI=1S/C14H16BrNO2S/c1-16-13(12-7-17-5-6-18-12)10-8-19-14-9(10)3-2-4-11(14)15/h2-4,8,12-13,16H,5-7H2,1H3. The van der Waals surface area contributed by atoms with Crippen LogP contribution in [0.4, 0.5) is 0 Å². The Kier molecular flexibility index (Phi) is 4.19. The fraction of sp³-hybridized carbons (Fsp3) is 0.429. The molecule has 1 fully saturated rings. The molecule has 1 aromatic heterocycles. The van der Waals surface area contributed by atoms with Crippen LogP contribution in [0.1, 0.15) is 11.6 Å². The average Bonchev–Trinajstić information content (AvgIpc) is 2.87. The summed E-state index contributed by atoms with van der Waals surface area (Å²) in [4.78, 5) is 0. The van der Waals surface area contributed by atoms with E-state index in [1.54, 1.807) is 11.3 Å². The first-order chi connectivity index (χ1) is 9.31. The van der Waals surface area contributed by atoms with Gasteiger partial charge < -0.3 is 14.8 Å². The van der Waals surface area contributed by atoms with E-state index in [2.05, 4.69) is 44.8 Å². The van der Waals surface area contributed by atoms with Gasteiger partial charge in [-0.2, -0.15) is 0 Å². The predicted octanol–water partition coefficient (Wildman–Crippen LogP) is 3.34. The van der Waals surface area contributed by atoms with Crippen LogP contribution in [-0.2, 0) is 9.47 Å². The molecule has 0 radical (unpaired) electrons. The largest absolute Gasteiger partial charge is 0.376 e. The molecule has 5 heteroatoms. The van der Waals surface area contributed by atoms with E-state index in [-0.39, 0.29) is 12.1 Å². The molecule has 2 unspecified atom stereocenters. The summed E-state index contributed by atoms with van der Waals surface area (Å²) < 4.78 is 13.8. The van der Waals surface area contributed by atoms with E-state index in [4.69, 9.17) is 9.47 Å². The quantitative estimate of drug-likeness (QED) is 0.928. The van der Waals surface area contributed by atoms with Gasteiger partial charge in [0, 0.05) is 9.17 Å². The second-order valence-electron chi connectivity index (χ2n) is 4.56. The van der Waals surface area contributed by atoms with Gasteiger partial charge in [0.05, 0.1) is 25.9 Å². The first-order valence-corrected chi connectivity index (χ1v) is 8.00. The second-order valence-corrected chi connectivity index (χ2v) is 6.29. The van der Waals surface area contributed by atoms with Crippen LogP contribution in [0, 0.1) is 0 Å². The maximum absolute atomic E-state index is 5.84. The molecule has 1 saturated heterocycles. The summed E-state index contributed by atoms with van der Waals surface area (Å²) >= 11 is 5.38. The lowest BCUT2D eigenvalue weighted by Crippen LogP contribution is -2.39. The van der Waals surface area contributed by atoms with Crippen LogP contribution in [-0.4, -0.2) is 33.0 Å². The van der Waals surface area contributed by atoms with E-state index in [9.17, 15) is 0 Å². The SMILES string of the molecule is CNC(c1csc2c(Br)cccc12)C1COCCO1. The van der Waals surface area contributed by atoms with Crippen LogP contribution in [0.15, 0.2) is 28.1 Å². The minimum absolute atomic E-state index is 0.0792. The molecule has 0 amide bonds. The molecule has 0 aliphatic carbocycles. The average molecular weight is 342 g/mol. The zero-order valence-corrected chi connectivity index (χ0v) is 13.1. The normalized spacial score (nSPS) is 21.7. The van der Waals surface area contributed by atoms with E-state index >= 15 is 0 Å². The maximum Gasteiger partial charge on any atom is 0.100 e. The fourth-order valence-electron chi connectivity index (χ4n) is 2.52. The van der Waals surface area contributed by atoms with E-state index in [1.165, 1.54) is 15.6 Å². The summed E-state index contributed by atoms with van der Waals surface area (Å²) in [6, 6.07) is 6.49. The Morgan fingerprint density at radius 2 is 2.32 bits per heavy atom. The molecule has 0 spiro atoms. The lowest BCUT2D eigenvalue weighted by molar-refractivity contribution is -0.101. The zero-order valence-electron chi connectivity index (χ0n) is 10.7. The van der Waals surface area contributed by atoms with E-state index < -0.39 is 0 Å². The van der Waals surface area contributed by atoms with E-state index in [1.807, 2.05) is 7.05 Å². The van der Waals surface area contributed by atoms with Crippen molar-refractivity contribution in [1.29, 1.82) is 0 Å². The van der Waals surface area contributed by atoms with Gasteiger partial charge in [0.1, 0.15) is 6.10 Å². The van der Waals surface area contributed by atoms with Gasteiger partial charge in [0.15, 0.2) is 0 Å². The van der Waals surface area contributed by atoms with Gasteiger partial charge in [-0.25, -0.2) is 0 Å². The Balaban J connectivity index is 1.99. The summed E-state index contributed by atoms with van der Waals surface area (Å²) in [5.74, 6) is 0. The molecule has 2 atom stereocenters. The number of benzene rings is 1. The highest BCUT2D eigenvalue weighted by molar-refractivity contribution is 9.10.